The molecule has 134 valence electrons. The molecule has 0 aromatic heterocycles. The molecule has 0 atom stereocenters. The highest BCUT2D eigenvalue weighted by molar-refractivity contribution is 6.21. The second-order valence-electron chi connectivity index (χ2n) is 8.69. The fourth-order valence-corrected chi connectivity index (χ4v) is 5.32. The standard InChI is InChI=1S/C24H35B/c1-3-4-19-5-9-21(10-6-19)23-13-15-24(16-14-23)22-11-7-20(8-12-22)17-18(2)25/h5-6,9-10,17,20,22-24H,3-4,7-8,11-16H2,1-2H3/b18-17+. The van der Waals surface area contributed by atoms with E-state index in [1.807, 2.05) is 6.92 Å². The molecule has 2 radical (unpaired) electrons. The topological polar surface area (TPSA) is 0 Å². The van der Waals surface area contributed by atoms with Crippen molar-refractivity contribution in [1.82, 2.24) is 0 Å². The third-order valence-electron chi connectivity index (χ3n) is 6.74. The van der Waals surface area contributed by atoms with Crippen molar-refractivity contribution < 1.29 is 0 Å². The molecule has 0 unspecified atom stereocenters. The van der Waals surface area contributed by atoms with Crippen molar-refractivity contribution in [3.8, 4) is 0 Å². The molecule has 2 fully saturated rings. The van der Waals surface area contributed by atoms with Gasteiger partial charge in [-0.05, 0) is 92.6 Å². The first kappa shape index (κ1) is 18.8. The van der Waals surface area contributed by atoms with Crippen LogP contribution in [0.1, 0.15) is 88.7 Å². The van der Waals surface area contributed by atoms with E-state index >= 15 is 0 Å². The minimum atomic E-state index is 0.749. The van der Waals surface area contributed by atoms with Crippen LogP contribution >= 0.6 is 0 Å². The fraction of sp³-hybridized carbons (Fsp3) is 0.667. The smallest absolute Gasteiger partial charge is 0.106 e. The zero-order valence-corrected chi connectivity index (χ0v) is 16.3. The van der Waals surface area contributed by atoms with Gasteiger partial charge in [0, 0.05) is 0 Å². The van der Waals surface area contributed by atoms with Crippen LogP contribution in [0.4, 0.5) is 0 Å². The number of rotatable bonds is 5. The Labute approximate surface area is 156 Å². The highest BCUT2D eigenvalue weighted by Crippen LogP contribution is 2.44. The van der Waals surface area contributed by atoms with Crippen LogP contribution in [0.5, 0.6) is 0 Å². The van der Waals surface area contributed by atoms with E-state index in [9.17, 15) is 0 Å². The van der Waals surface area contributed by atoms with E-state index in [-0.39, 0.29) is 0 Å². The summed E-state index contributed by atoms with van der Waals surface area (Å²) in [5, 5.41) is 0. The van der Waals surface area contributed by atoms with E-state index in [1.165, 1.54) is 69.8 Å². The largest absolute Gasteiger partial charge is 0.124 e. The van der Waals surface area contributed by atoms with Crippen molar-refractivity contribution in [2.75, 3.05) is 0 Å². The molecule has 1 aromatic rings. The Kier molecular flexibility index (Phi) is 6.85. The summed E-state index contributed by atoms with van der Waals surface area (Å²) in [4.78, 5) is 0. The predicted octanol–water partition coefficient (Wildman–Crippen LogP) is 6.79. The third kappa shape index (κ3) is 5.25. The maximum atomic E-state index is 5.86. The first-order valence-electron chi connectivity index (χ1n) is 10.7. The Morgan fingerprint density at radius 2 is 1.48 bits per heavy atom. The molecule has 2 saturated carbocycles. The second kappa shape index (κ2) is 9.10. The van der Waals surface area contributed by atoms with Crippen molar-refractivity contribution in [1.29, 1.82) is 0 Å². The summed E-state index contributed by atoms with van der Waals surface area (Å²) in [5.41, 5.74) is 4.10. The molecule has 2 aliphatic carbocycles. The van der Waals surface area contributed by atoms with E-state index in [4.69, 9.17) is 7.85 Å². The van der Waals surface area contributed by atoms with Crippen molar-refractivity contribution in [2.24, 2.45) is 17.8 Å². The SMILES string of the molecule is [B]/C(C)=C/C1CCC(C2CCC(c3ccc(CCC)cc3)CC2)CC1. The van der Waals surface area contributed by atoms with E-state index < -0.39 is 0 Å². The lowest BCUT2D eigenvalue weighted by Gasteiger charge is -2.37. The Morgan fingerprint density at radius 1 is 0.920 bits per heavy atom. The molecule has 0 nitrogen and oxygen atoms in total. The summed E-state index contributed by atoms with van der Waals surface area (Å²) in [7, 11) is 5.86. The van der Waals surface area contributed by atoms with Crippen LogP contribution < -0.4 is 0 Å². The van der Waals surface area contributed by atoms with Crippen molar-refractivity contribution in [2.45, 2.75) is 84.0 Å². The molecule has 0 bridgehead atoms. The minimum absolute atomic E-state index is 0.749. The van der Waals surface area contributed by atoms with Crippen LogP contribution in [0.25, 0.3) is 0 Å². The van der Waals surface area contributed by atoms with Crippen molar-refractivity contribution >= 4 is 7.85 Å². The van der Waals surface area contributed by atoms with E-state index in [0.717, 1.165) is 29.1 Å². The van der Waals surface area contributed by atoms with Gasteiger partial charge >= 0.3 is 0 Å². The van der Waals surface area contributed by atoms with Gasteiger partial charge in [-0.25, -0.2) is 0 Å². The lowest BCUT2D eigenvalue weighted by Crippen LogP contribution is -2.25. The molecular formula is C24H35B. The van der Waals surface area contributed by atoms with Crippen LogP contribution in [0, 0.1) is 17.8 Å². The van der Waals surface area contributed by atoms with Crippen LogP contribution in [-0.4, -0.2) is 7.85 Å². The van der Waals surface area contributed by atoms with E-state index in [1.54, 1.807) is 5.56 Å². The van der Waals surface area contributed by atoms with Crippen molar-refractivity contribution in [3.63, 3.8) is 0 Å². The average Bonchev–Trinajstić information content (AvgIpc) is 2.63. The van der Waals surface area contributed by atoms with Gasteiger partial charge in [0.25, 0.3) is 0 Å². The molecule has 0 saturated heterocycles. The molecular weight excluding hydrogens is 299 g/mol. The predicted molar refractivity (Wildman–Crippen MR) is 110 cm³/mol. The van der Waals surface area contributed by atoms with Gasteiger partial charge in [0.1, 0.15) is 7.85 Å². The first-order chi connectivity index (χ1) is 12.2. The summed E-state index contributed by atoms with van der Waals surface area (Å²) in [6, 6.07) is 9.53. The summed E-state index contributed by atoms with van der Waals surface area (Å²) in [6.45, 7) is 4.29. The van der Waals surface area contributed by atoms with Crippen LogP contribution in [-0.2, 0) is 6.42 Å². The molecule has 0 N–H and O–H groups in total. The van der Waals surface area contributed by atoms with Gasteiger partial charge in [0.05, 0.1) is 0 Å². The fourth-order valence-electron chi connectivity index (χ4n) is 5.32. The summed E-state index contributed by atoms with van der Waals surface area (Å²) >= 11 is 0. The van der Waals surface area contributed by atoms with Gasteiger partial charge < -0.3 is 0 Å². The number of hydrogen-bond acceptors (Lipinski definition) is 0. The molecule has 0 amide bonds. The number of benzene rings is 1. The number of allylic oxidation sites excluding steroid dienone is 2. The molecule has 0 aliphatic heterocycles. The minimum Gasteiger partial charge on any atom is -0.124 e. The molecule has 25 heavy (non-hydrogen) atoms. The monoisotopic (exact) mass is 334 g/mol. The number of aryl methyl sites for hydroxylation is 1. The van der Waals surface area contributed by atoms with Gasteiger partial charge in [-0.3, -0.25) is 0 Å². The lowest BCUT2D eigenvalue weighted by molar-refractivity contribution is 0.171. The second-order valence-corrected chi connectivity index (χ2v) is 8.69. The molecule has 1 heteroatoms. The molecule has 2 aliphatic rings. The zero-order valence-electron chi connectivity index (χ0n) is 16.3. The molecule has 0 heterocycles. The quantitative estimate of drug-likeness (QED) is 0.520. The number of hydrogen-bond donors (Lipinski definition) is 0. The Bertz CT molecular complexity index is 536. The van der Waals surface area contributed by atoms with E-state index in [2.05, 4.69) is 37.3 Å². The highest BCUT2D eigenvalue weighted by Gasteiger charge is 2.30. The van der Waals surface area contributed by atoms with Crippen LogP contribution in [0.15, 0.2) is 35.8 Å². The van der Waals surface area contributed by atoms with Crippen LogP contribution in [0.3, 0.4) is 0 Å². The third-order valence-corrected chi connectivity index (χ3v) is 6.74. The van der Waals surface area contributed by atoms with Crippen LogP contribution in [0.2, 0.25) is 0 Å². The summed E-state index contributed by atoms with van der Waals surface area (Å²) < 4.78 is 0. The van der Waals surface area contributed by atoms with Gasteiger partial charge in [-0.15, -0.1) is 5.47 Å². The van der Waals surface area contributed by atoms with Gasteiger partial charge in [-0.2, -0.15) is 0 Å². The molecule has 1 aromatic carbocycles. The Hall–Kier alpha value is -0.975. The molecule has 0 spiro atoms. The van der Waals surface area contributed by atoms with Gasteiger partial charge in [0.2, 0.25) is 0 Å². The maximum absolute atomic E-state index is 5.86. The molecule has 3 rings (SSSR count). The average molecular weight is 334 g/mol. The van der Waals surface area contributed by atoms with Crippen molar-refractivity contribution in [3.05, 3.63) is 46.9 Å². The normalized spacial score (nSPS) is 31.0. The highest BCUT2D eigenvalue weighted by atomic mass is 14.4. The van der Waals surface area contributed by atoms with E-state index in [0.29, 0.717) is 0 Å². The summed E-state index contributed by atoms with van der Waals surface area (Å²) in [6.07, 6.45) is 16.0. The van der Waals surface area contributed by atoms with Gasteiger partial charge in [-0.1, -0.05) is 50.6 Å². The summed E-state index contributed by atoms with van der Waals surface area (Å²) in [5.74, 6) is 3.53. The maximum Gasteiger partial charge on any atom is 0.106 e. The Balaban J connectivity index is 1.46. The first-order valence-corrected chi connectivity index (χ1v) is 10.7. The Morgan fingerprint density at radius 3 is 2.00 bits per heavy atom. The van der Waals surface area contributed by atoms with Gasteiger partial charge in [0.15, 0.2) is 0 Å². The lowest BCUT2D eigenvalue weighted by atomic mass is 9.68. The zero-order chi connectivity index (χ0) is 17.6.